The molecule has 1 unspecified atom stereocenters. The van der Waals surface area contributed by atoms with Crippen molar-refractivity contribution in [3.05, 3.63) is 41.1 Å². The van der Waals surface area contributed by atoms with E-state index in [0.29, 0.717) is 11.7 Å². The van der Waals surface area contributed by atoms with Crippen LogP contribution in [0.25, 0.3) is 0 Å². The number of carbonyl (C=O) groups is 2. The number of likely N-dealkylation sites (tertiary alicyclic amines) is 1. The van der Waals surface area contributed by atoms with Gasteiger partial charge in [-0.25, -0.2) is 0 Å². The Morgan fingerprint density at radius 1 is 1.23 bits per heavy atom. The zero-order valence-electron chi connectivity index (χ0n) is 20.7. The molecule has 2 saturated heterocycles. The Kier molecular flexibility index (Phi) is 9.23. The molecule has 0 spiro atoms. The predicted molar refractivity (Wildman–Crippen MR) is 138 cm³/mol. The van der Waals surface area contributed by atoms with Gasteiger partial charge in [0.05, 0.1) is 19.1 Å². The molecular formula is C26H37N5O3S. The molecule has 4 rings (SSSR count). The molecule has 1 N–H and O–H groups in total. The lowest BCUT2D eigenvalue weighted by atomic mass is 10.0. The SMILES string of the molecule is C=C/C(=C\C=C(/C)N1CC(C(=O)Nc2nnc(CCC3CCCC3)s2)CC1=O)CN1CCOCC1. The Labute approximate surface area is 212 Å². The number of nitrogens with one attached hydrogen (secondary N) is 1. The number of rotatable bonds is 10. The molecule has 1 aromatic heterocycles. The standard InChI is InChI=1S/C26H37N5O3S/c1-3-20(17-30-12-14-34-15-13-30)9-8-19(2)31-18-22(16-24(31)32)25(33)27-26-29-28-23(35-26)11-10-21-6-4-5-7-21/h3,8-9,21-22H,1,4-7,10-18H2,2H3,(H,27,29,33)/b19-8+,20-9+. The van der Waals surface area contributed by atoms with Gasteiger partial charge in [0.15, 0.2) is 0 Å². The second-order valence-corrected chi connectivity index (χ2v) is 10.8. The summed E-state index contributed by atoms with van der Waals surface area (Å²) in [5, 5.41) is 12.8. The smallest absolute Gasteiger partial charge is 0.231 e. The third-order valence-corrected chi connectivity index (χ3v) is 8.07. The maximum absolute atomic E-state index is 12.8. The van der Waals surface area contributed by atoms with E-state index in [-0.39, 0.29) is 18.2 Å². The van der Waals surface area contributed by atoms with Crippen LogP contribution in [-0.2, 0) is 20.7 Å². The molecule has 1 saturated carbocycles. The molecular weight excluding hydrogens is 462 g/mol. The number of carbonyl (C=O) groups excluding carboxylic acids is 2. The highest BCUT2D eigenvalue weighted by atomic mass is 32.1. The van der Waals surface area contributed by atoms with Crippen molar-refractivity contribution in [2.75, 3.05) is 44.7 Å². The van der Waals surface area contributed by atoms with Gasteiger partial charge in [-0.2, -0.15) is 0 Å². The molecule has 0 radical (unpaired) electrons. The summed E-state index contributed by atoms with van der Waals surface area (Å²) in [6.45, 7) is 10.3. The third-order valence-electron chi connectivity index (χ3n) is 7.17. The van der Waals surface area contributed by atoms with Crippen molar-refractivity contribution in [1.82, 2.24) is 20.0 Å². The van der Waals surface area contributed by atoms with E-state index in [9.17, 15) is 9.59 Å². The zero-order chi connectivity index (χ0) is 24.6. The Morgan fingerprint density at radius 3 is 2.74 bits per heavy atom. The molecule has 3 aliphatic rings. The first-order chi connectivity index (χ1) is 17.0. The van der Waals surface area contributed by atoms with Crippen molar-refractivity contribution in [2.24, 2.45) is 11.8 Å². The van der Waals surface area contributed by atoms with Crippen LogP contribution in [0.3, 0.4) is 0 Å². The molecule has 8 nitrogen and oxygen atoms in total. The number of anilines is 1. The molecule has 0 bridgehead atoms. The molecule has 2 amide bonds. The average molecular weight is 500 g/mol. The number of ether oxygens (including phenoxy) is 1. The molecule has 3 fully saturated rings. The first-order valence-electron chi connectivity index (χ1n) is 12.8. The number of hydrogen-bond donors (Lipinski definition) is 1. The van der Waals surface area contributed by atoms with Gasteiger partial charge >= 0.3 is 0 Å². The lowest BCUT2D eigenvalue weighted by Crippen LogP contribution is -2.37. The van der Waals surface area contributed by atoms with E-state index in [1.165, 1.54) is 37.0 Å². The summed E-state index contributed by atoms with van der Waals surface area (Å²) in [4.78, 5) is 29.5. The second-order valence-electron chi connectivity index (χ2n) is 9.73. The summed E-state index contributed by atoms with van der Waals surface area (Å²) >= 11 is 1.45. The normalized spacial score (nSPS) is 22.7. The number of morpholine rings is 1. The summed E-state index contributed by atoms with van der Waals surface area (Å²) in [5.74, 6) is 0.213. The minimum absolute atomic E-state index is 0.0323. The van der Waals surface area contributed by atoms with Gasteiger partial charge in [0, 0.05) is 44.7 Å². The van der Waals surface area contributed by atoms with Gasteiger partial charge in [0.2, 0.25) is 16.9 Å². The quantitative estimate of drug-likeness (QED) is 0.493. The summed E-state index contributed by atoms with van der Waals surface area (Å²) in [5.41, 5.74) is 1.92. The molecule has 3 heterocycles. The monoisotopic (exact) mass is 499 g/mol. The van der Waals surface area contributed by atoms with Crippen LogP contribution in [0, 0.1) is 11.8 Å². The third kappa shape index (κ3) is 7.32. The largest absolute Gasteiger partial charge is 0.379 e. The van der Waals surface area contributed by atoms with Crippen LogP contribution >= 0.6 is 11.3 Å². The highest BCUT2D eigenvalue weighted by molar-refractivity contribution is 7.15. The lowest BCUT2D eigenvalue weighted by molar-refractivity contribution is -0.127. The lowest BCUT2D eigenvalue weighted by Gasteiger charge is -2.26. The Bertz CT molecular complexity index is 960. The van der Waals surface area contributed by atoms with Crippen LogP contribution in [0.15, 0.2) is 36.1 Å². The number of allylic oxidation sites excluding steroid dienone is 3. The molecule has 2 aliphatic heterocycles. The zero-order valence-corrected chi connectivity index (χ0v) is 21.5. The summed E-state index contributed by atoms with van der Waals surface area (Å²) in [6.07, 6.45) is 13.4. The van der Waals surface area contributed by atoms with E-state index < -0.39 is 5.92 Å². The Hall–Kier alpha value is -2.36. The maximum Gasteiger partial charge on any atom is 0.231 e. The minimum Gasteiger partial charge on any atom is -0.379 e. The van der Waals surface area contributed by atoms with E-state index in [1.807, 2.05) is 25.2 Å². The summed E-state index contributed by atoms with van der Waals surface area (Å²) in [6, 6.07) is 0. The topological polar surface area (TPSA) is 87.7 Å². The van der Waals surface area contributed by atoms with Crippen molar-refractivity contribution >= 4 is 28.3 Å². The molecule has 1 aliphatic carbocycles. The molecule has 9 heteroatoms. The summed E-state index contributed by atoms with van der Waals surface area (Å²) < 4.78 is 5.41. The van der Waals surface area contributed by atoms with Crippen LogP contribution in [0.5, 0.6) is 0 Å². The van der Waals surface area contributed by atoms with Crippen molar-refractivity contribution in [3.63, 3.8) is 0 Å². The van der Waals surface area contributed by atoms with Gasteiger partial charge in [-0.1, -0.05) is 55.8 Å². The van der Waals surface area contributed by atoms with Crippen LogP contribution < -0.4 is 5.32 Å². The van der Waals surface area contributed by atoms with Gasteiger partial charge in [-0.05, 0) is 30.9 Å². The first kappa shape index (κ1) is 25.7. The number of hydrogen-bond acceptors (Lipinski definition) is 7. The van der Waals surface area contributed by atoms with E-state index in [4.69, 9.17) is 4.74 Å². The fourth-order valence-corrected chi connectivity index (χ4v) is 5.74. The number of amides is 2. The van der Waals surface area contributed by atoms with E-state index >= 15 is 0 Å². The van der Waals surface area contributed by atoms with E-state index in [1.54, 1.807) is 4.90 Å². The minimum atomic E-state index is -0.395. The van der Waals surface area contributed by atoms with E-state index in [2.05, 4.69) is 27.0 Å². The summed E-state index contributed by atoms with van der Waals surface area (Å²) in [7, 11) is 0. The van der Waals surface area contributed by atoms with E-state index in [0.717, 1.165) is 67.9 Å². The first-order valence-corrected chi connectivity index (χ1v) is 13.6. The number of aromatic nitrogens is 2. The van der Waals surface area contributed by atoms with Crippen molar-refractivity contribution in [2.45, 2.75) is 51.9 Å². The van der Waals surface area contributed by atoms with Crippen molar-refractivity contribution in [3.8, 4) is 0 Å². The van der Waals surface area contributed by atoms with Crippen molar-refractivity contribution < 1.29 is 14.3 Å². The number of nitrogens with zero attached hydrogens (tertiary/aromatic N) is 4. The van der Waals surface area contributed by atoms with Crippen LogP contribution in [0.1, 0.15) is 50.5 Å². The van der Waals surface area contributed by atoms with Crippen LogP contribution in [0.2, 0.25) is 0 Å². The highest BCUT2D eigenvalue weighted by Gasteiger charge is 2.35. The Morgan fingerprint density at radius 2 is 2.00 bits per heavy atom. The fourth-order valence-electron chi connectivity index (χ4n) is 4.98. The van der Waals surface area contributed by atoms with Crippen LogP contribution in [0.4, 0.5) is 5.13 Å². The molecule has 190 valence electrons. The van der Waals surface area contributed by atoms with Crippen molar-refractivity contribution in [1.29, 1.82) is 0 Å². The Balaban J connectivity index is 1.27. The maximum atomic E-state index is 12.8. The second kappa shape index (κ2) is 12.6. The van der Waals surface area contributed by atoms with Gasteiger partial charge in [-0.3, -0.25) is 14.5 Å². The molecule has 35 heavy (non-hydrogen) atoms. The van der Waals surface area contributed by atoms with Gasteiger partial charge in [0.1, 0.15) is 5.01 Å². The van der Waals surface area contributed by atoms with Gasteiger partial charge in [0.25, 0.3) is 0 Å². The van der Waals surface area contributed by atoms with Gasteiger partial charge in [-0.15, -0.1) is 10.2 Å². The average Bonchev–Trinajstić information content (AvgIpc) is 3.62. The molecule has 1 aromatic rings. The highest BCUT2D eigenvalue weighted by Crippen LogP contribution is 2.30. The molecule has 0 aromatic carbocycles. The number of aryl methyl sites for hydroxylation is 1. The fraction of sp³-hybridized carbons (Fsp3) is 0.615. The van der Waals surface area contributed by atoms with Gasteiger partial charge < -0.3 is 15.0 Å². The molecule has 1 atom stereocenters. The van der Waals surface area contributed by atoms with Crippen LogP contribution in [-0.4, -0.2) is 71.2 Å². The predicted octanol–water partition coefficient (Wildman–Crippen LogP) is 3.80.